The highest BCUT2D eigenvalue weighted by atomic mass is 15.2. The van der Waals surface area contributed by atoms with E-state index in [1.807, 2.05) is 0 Å². The van der Waals surface area contributed by atoms with Crippen molar-refractivity contribution in [3.05, 3.63) is 0 Å². The summed E-state index contributed by atoms with van der Waals surface area (Å²) >= 11 is 0. The zero-order chi connectivity index (χ0) is 13.0. The summed E-state index contributed by atoms with van der Waals surface area (Å²) < 4.78 is 0. The van der Waals surface area contributed by atoms with Crippen LogP contribution in [0.25, 0.3) is 0 Å². The van der Waals surface area contributed by atoms with Crippen molar-refractivity contribution in [1.82, 2.24) is 10.2 Å². The zero-order valence-electron chi connectivity index (χ0n) is 12.6. The van der Waals surface area contributed by atoms with Crippen LogP contribution in [0.2, 0.25) is 0 Å². The van der Waals surface area contributed by atoms with Crippen LogP contribution in [0.4, 0.5) is 0 Å². The van der Waals surface area contributed by atoms with E-state index in [1.54, 1.807) is 0 Å². The number of nitrogens with one attached hydrogen (secondary N) is 1. The maximum Gasteiger partial charge on any atom is 0.00673 e. The third kappa shape index (κ3) is 3.96. The normalized spacial score (nSPS) is 34.3. The summed E-state index contributed by atoms with van der Waals surface area (Å²) in [4.78, 5) is 2.63. The van der Waals surface area contributed by atoms with Gasteiger partial charge in [-0.3, -0.25) is 0 Å². The van der Waals surface area contributed by atoms with Crippen LogP contribution >= 0.6 is 0 Å². The average Bonchev–Trinajstić information content (AvgIpc) is 2.86. The molecule has 0 aromatic carbocycles. The van der Waals surface area contributed by atoms with Gasteiger partial charge in [0, 0.05) is 18.6 Å². The highest BCUT2D eigenvalue weighted by Gasteiger charge is 2.25. The Bertz CT molecular complexity index is 231. The lowest BCUT2D eigenvalue weighted by Gasteiger charge is -2.29. The van der Waals surface area contributed by atoms with E-state index in [0.29, 0.717) is 0 Å². The van der Waals surface area contributed by atoms with Crippen LogP contribution in [0.3, 0.4) is 0 Å². The van der Waals surface area contributed by atoms with Gasteiger partial charge < -0.3 is 10.2 Å². The van der Waals surface area contributed by atoms with Gasteiger partial charge in [0.15, 0.2) is 0 Å². The van der Waals surface area contributed by atoms with Gasteiger partial charge in [0.2, 0.25) is 0 Å². The minimum Gasteiger partial charge on any atom is -0.314 e. The van der Waals surface area contributed by atoms with Crippen molar-refractivity contribution in [2.45, 2.75) is 71.4 Å². The average molecular weight is 252 g/mol. The monoisotopic (exact) mass is 252 g/mol. The van der Waals surface area contributed by atoms with E-state index in [1.165, 1.54) is 58.2 Å². The van der Waals surface area contributed by atoms with Crippen molar-refractivity contribution in [1.29, 1.82) is 0 Å². The smallest absolute Gasteiger partial charge is 0.00673 e. The molecule has 0 spiro atoms. The Balaban J connectivity index is 1.61. The fraction of sp³-hybridized carbons (Fsp3) is 1.00. The second kappa shape index (κ2) is 6.91. The number of nitrogens with zero attached hydrogens (tertiary/aromatic N) is 1. The lowest BCUT2D eigenvalue weighted by Crippen LogP contribution is -2.37. The first kappa shape index (κ1) is 14.3. The van der Waals surface area contributed by atoms with Crippen molar-refractivity contribution in [2.24, 2.45) is 11.8 Å². The van der Waals surface area contributed by atoms with E-state index in [2.05, 4.69) is 31.0 Å². The first-order chi connectivity index (χ1) is 8.69. The largest absolute Gasteiger partial charge is 0.314 e. The quantitative estimate of drug-likeness (QED) is 0.808. The standard InChI is InChI=1S/C16H32N2/c1-4-14-5-7-16(8-6-14)17-11-15-9-10-18(12-15)13(2)3/h13-17H,4-12H2,1-3H3. The van der Waals surface area contributed by atoms with Gasteiger partial charge in [0.25, 0.3) is 0 Å². The van der Waals surface area contributed by atoms with E-state index in [-0.39, 0.29) is 0 Å². The molecule has 0 bridgehead atoms. The molecule has 1 heterocycles. The lowest BCUT2D eigenvalue weighted by atomic mass is 9.84. The number of likely N-dealkylation sites (tertiary alicyclic amines) is 1. The van der Waals surface area contributed by atoms with E-state index < -0.39 is 0 Å². The molecule has 2 nitrogen and oxygen atoms in total. The Labute approximate surface area is 114 Å². The Morgan fingerprint density at radius 1 is 1.06 bits per heavy atom. The maximum absolute atomic E-state index is 3.84. The van der Waals surface area contributed by atoms with Gasteiger partial charge in [-0.05, 0) is 70.9 Å². The molecule has 1 N–H and O–H groups in total. The third-order valence-corrected chi connectivity index (χ3v) is 5.17. The Morgan fingerprint density at radius 2 is 1.78 bits per heavy atom. The summed E-state index contributed by atoms with van der Waals surface area (Å²) in [5.41, 5.74) is 0. The van der Waals surface area contributed by atoms with Crippen LogP contribution in [0.5, 0.6) is 0 Å². The summed E-state index contributed by atoms with van der Waals surface area (Å²) in [5, 5.41) is 3.84. The Hall–Kier alpha value is -0.0800. The summed E-state index contributed by atoms with van der Waals surface area (Å²) in [5.74, 6) is 1.92. The molecule has 2 rings (SSSR count). The highest BCUT2D eigenvalue weighted by molar-refractivity contribution is 4.82. The number of hydrogen-bond donors (Lipinski definition) is 1. The molecule has 1 aliphatic carbocycles. The molecule has 2 fully saturated rings. The molecule has 0 aromatic rings. The van der Waals surface area contributed by atoms with Gasteiger partial charge in [-0.25, -0.2) is 0 Å². The van der Waals surface area contributed by atoms with Gasteiger partial charge in [0.1, 0.15) is 0 Å². The first-order valence-corrected chi connectivity index (χ1v) is 8.16. The lowest BCUT2D eigenvalue weighted by molar-refractivity contribution is 0.253. The number of rotatable bonds is 5. The van der Waals surface area contributed by atoms with Gasteiger partial charge in [-0.15, -0.1) is 0 Å². The van der Waals surface area contributed by atoms with Gasteiger partial charge in [-0.2, -0.15) is 0 Å². The predicted molar refractivity (Wildman–Crippen MR) is 78.9 cm³/mol. The minimum atomic E-state index is 0.731. The molecule has 1 atom stereocenters. The zero-order valence-corrected chi connectivity index (χ0v) is 12.6. The fourth-order valence-corrected chi connectivity index (χ4v) is 3.61. The minimum absolute atomic E-state index is 0.731. The Kier molecular flexibility index (Phi) is 5.50. The molecule has 106 valence electrons. The van der Waals surface area contributed by atoms with Crippen LogP contribution in [0.1, 0.15) is 59.3 Å². The Morgan fingerprint density at radius 3 is 2.33 bits per heavy atom. The second-order valence-electron chi connectivity index (χ2n) is 6.78. The van der Waals surface area contributed by atoms with E-state index in [9.17, 15) is 0 Å². The first-order valence-electron chi connectivity index (χ1n) is 8.16. The fourth-order valence-electron chi connectivity index (χ4n) is 3.61. The van der Waals surface area contributed by atoms with Gasteiger partial charge >= 0.3 is 0 Å². The number of hydrogen-bond acceptors (Lipinski definition) is 2. The van der Waals surface area contributed by atoms with Crippen LogP contribution in [-0.2, 0) is 0 Å². The molecule has 0 aromatic heterocycles. The predicted octanol–water partition coefficient (Wildman–Crippen LogP) is 3.28. The molecule has 1 unspecified atom stereocenters. The van der Waals surface area contributed by atoms with Crippen molar-refractivity contribution in [3.63, 3.8) is 0 Å². The van der Waals surface area contributed by atoms with Crippen molar-refractivity contribution < 1.29 is 0 Å². The van der Waals surface area contributed by atoms with Crippen LogP contribution in [0.15, 0.2) is 0 Å². The molecule has 0 radical (unpaired) electrons. The van der Waals surface area contributed by atoms with Crippen molar-refractivity contribution in [3.8, 4) is 0 Å². The molecule has 1 saturated heterocycles. The van der Waals surface area contributed by atoms with Crippen molar-refractivity contribution >= 4 is 0 Å². The van der Waals surface area contributed by atoms with Crippen LogP contribution < -0.4 is 5.32 Å². The molecular formula is C16H32N2. The van der Waals surface area contributed by atoms with Crippen LogP contribution in [0, 0.1) is 11.8 Å². The summed E-state index contributed by atoms with van der Waals surface area (Å²) in [6.45, 7) is 10.9. The van der Waals surface area contributed by atoms with Crippen molar-refractivity contribution in [2.75, 3.05) is 19.6 Å². The summed E-state index contributed by atoms with van der Waals surface area (Å²) in [7, 11) is 0. The van der Waals surface area contributed by atoms with E-state index in [0.717, 1.165) is 23.9 Å². The molecular weight excluding hydrogens is 220 g/mol. The highest BCUT2D eigenvalue weighted by Crippen LogP contribution is 2.27. The molecule has 18 heavy (non-hydrogen) atoms. The van der Waals surface area contributed by atoms with Gasteiger partial charge in [0.05, 0.1) is 0 Å². The summed E-state index contributed by atoms with van der Waals surface area (Å²) in [6, 6.07) is 1.55. The molecule has 2 aliphatic rings. The molecule has 2 heteroatoms. The maximum atomic E-state index is 3.84. The molecule has 1 saturated carbocycles. The topological polar surface area (TPSA) is 15.3 Å². The second-order valence-corrected chi connectivity index (χ2v) is 6.78. The van der Waals surface area contributed by atoms with Gasteiger partial charge in [-0.1, -0.05) is 13.3 Å². The van der Waals surface area contributed by atoms with E-state index >= 15 is 0 Å². The molecule has 1 aliphatic heterocycles. The summed E-state index contributed by atoms with van der Waals surface area (Å²) in [6.07, 6.45) is 8.53. The molecule has 0 amide bonds. The van der Waals surface area contributed by atoms with E-state index in [4.69, 9.17) is 0 Å². The van der Waals surface area contributed by atoms with Crippen LogP contribution in [-0.4, -0.2) is 36.6 Å². The third-order valence-electron chi connectivity index (χ3n) is 5.17. The SMILES string of the molecule is CCC1CCC(NCC2CCN(C(C)C)C2)CC1.